The topological polar surface area (TPSA) is 86.9 Å². The molecule has 2 saturated heterocycles. The van der Waals surface area contributed by atoms with Gasteiger partial charge in [0.15, 0.2) is 0 Å². The summed E-state index contributed by atoms with van der Waals surface area (Å²) in [4.78, 5) is 28.3. The highest BCUT2D eigenvalue weighted by molar-refractivity contribution is 6.00. The quantitative estimate of drug-likeness (QED) is 0.601. The molecule has 2 aromatic carbocycles. The Hall–Kier alpha value is -3.09. The molecule has 2 heterocycles. The van der Waals surface area contributed by atoms with E-state index in [0.29, 0.717) is 24.6 Å². The zero-order chi connectivity index (χ0) is 21.1. The molecule has 0 atom stereocenters. The third kappa shape index (κ3) is 4.25. The minimum atomic E-state index is -0.437. The number of amides is 1. The van der Waals surface area contributed by atoms with Crippen molar-refractivity contribution < 1.29 is 14.8 Å². The summed E-state index contributed by atoms with van der Waals surface area (Å²) in [6, 6.07) is 11.9. The molecule has 0 radical (unpaired) electrons. The number of benzene rings is 2. The second-order valence-corrected chi connectivity index (χ2v) is 8.16. The summed E-state index contributed by atoms with van der Waals surface area (Å²) in [7, 11) is 0. The second-order valence-electron chi connectivity index (χ2n) is 8.16. The molecular weight excluding hydrogens is 382 g/mol. The van der Waals surface area contributed by atoms with Crippen molar-refractivity contribution in [2.45, 2.75) is 38.0 Å². The van der Waals surface area contributed by atoms with Crippen molar-refractivity contribution in [3.63, 3.8) is 0 Å². The molecule has 158 valence electrons. The normalized spacial score (nSPS) is 17.7. The lowest BCUT2D eigenvalue weighted by molar-refractivity contribution is -0.384. The van der Waals surface area contributed by atoms with E-state index in [0.717, 1.165) is 44.5 Å². The molecule has 0 unspecified atom stereocenters. The van der Waals surface area contributed by atoms with Crippen LogP contribution in [0.4, 0.5) is 11.4 Å². The Labute approximate surface area is 176 Å². The maximum Gasteiger partial charge on any atom is 0.270 e. The smallest absolute Gasteiger partial charge is 0.270 e. The number of aromatic hydroxyl groups is 1. The summed E-state index contributed by atoms with van der Waals surface area (Å²) in [6.07, 6.45) is 5.00. The molecule has 2 aromatic rings. The largest absolute Gasteiger partial charge is 0.508 e. The van der Waals surface area contributed by atoms with Gasteiger partial charge in [-0.1, -0.05) is 12.1 Å². The number of non-ortho nitro benzene ring substituents is 1. The van der Waals surface area contributed by atoms with E-state index in [1.165, 1.54) is 24.1 Å². The first-order chi connectivity index (χ1) is 14.5. The number of nitro groups is 1. The number of phenolic OH excluding ortho intramolecular Hbond substituents is 1. The summed E-state index contributed by atoms with van der Waals surface area (Å²) >= 11 is 0. The molecule has 0 spiro atoms. The van der Waals surface area contributed by atoms with Crippen LogP contribution in [-0.4, -0.2) is 47.0 Å². The third-order valence-corrected chi connectivity index (χ3v) is 6.26. The van der Waals surface area contributed by atoms with Crippen LogP contribution in [0.15, 0.2) is 42.5 Å². The SMILES string of the molecule is O=C(c1cc([N+](=O)[O-])ccc1N1CCCCC1)N1CCC(c2ccc(O)cc2)CC1. The first kappa shape index (κ1) is 20.2. The van der Waals surface area contributed by atoms with E-state index < -0.39 is 4.92 Å². The van der Waals surface area contributed by atoms with Crippen molar-refractivity contribution in [2.24, 2.45) is 0 Å². The fourth-order valence-electron chi connectivity index (χ4n) is 4.55. The number of phenols is 1. The van der Waals surface area contributed by atoms with Gasteiger partial charge in [-0.25, -0.2) is 0 Å². The Balaban J connectivity index is 1.52. The third-order valence-electron chi connectivity index (χ3n) is 6.26. The first-order valence-electron chi connectivity index (χ1n) is 10.6. The molecule has 2 aliphatic heterocycles. The number of hydrogen-bond acceptors (Lipinski definition) is 5. The van der Waals surface area contributed by atoms with Crippen molar-refractivity contribution >= 4 is 17.3 Å². The van der Waals surface area contributed by atoms with Gasteiger partial charge in [0.25, 0.3) is 11.6 Å². The number of carbonyl (C=O) groups excluding carboxylic acids is 1. The molecule has 1 N–H and O–H groups in total. The van der Waals surface area contributed by atoms with Gasteiger partial charge in [-0.2, -0.15) is 0 Å². The number of likely N-dealkylation sites (tertiary alicyclic amines) is 1. The molecule has 2 fully saturated rings. The van der Waals surface area contributed by atoms with Crippen LogP contribution in [0.5, 0.6) is 5.75 Å². The Morgan fingerprint density at radius 3 is 2.27 bits per heavy atom. The lowest BCUT2D eigenvalue weighted by atomic mass is 9.89. The van der Waals surface area contributed by atoms with Gasteiger partial charge in [-0.15, -0.1) is 0 Å². The molecule has 0 aliphatic carbocycles. The first-order valence-corrected chi connectivity index (χ1v) is 10.6. The number of anilines is 1. The fraction of sp³-hybridized carbons (Fsp3) is 0.435. The van der Waals surface area contributed by atoms with E-state index in [2.05, 4.69) is 4.90 Å². The van der Waals surface area contributed by atoms with Crippen molar-refractivity contribution in [3.05, 3.63) is 63.7 Å². The van der Waals surface area contributed by atoms with Crippen molar-refractivity contribution in [2.75, 3.05) is 31.1 Å². The van der Waals surface area contributed by atoms with Gasteiger partial charge in [0.2, 0.25) is 0 Å². The van der Waals surface area contributed by atoms with Crippen LogP contribution in [-0.2, 0) is 0 Å². The van der Waals surface area contributed by atoms with Crippen molar-refractivity contribution in [1.82, 2.24) is 4.90 Å². The average Bonchev–Trinajstić information content (AvgIpc) is 2.79. The number of piperidine rings is 2. The second kappa shape index (κ2) is 8.73. The molecule has 0 aromatic heterocycles. The van der Waals surface area contributed by atoms with E-state index in [9.17, 15) is 20.0 Å². The highest BCUT2D eigenvalue weighted by Gasteiger charge is 2.28. The van der Waals surface area contributed by atoms with Crippen LogP contribution >= 0.6 is 0 Å². The summed E-state index contributed by atoms with van der Waals surface area (Å²) < 4.78 is 0. The van der Waals surface area contributed by atoms with E-state index in [1.807, 2.05) is 17.0 Å². The van der Waals surface area contributed by atoms with E-state index in [1.54, 1.807) is 18.2 Å². The zero-order valence-corrected chi connectivity index (χ0v) is 17.0. The van der Waals surface area contributed by atoms with Crippen LogP contribution in [0.2, 0.25) is 0 Å². The standard InChI is InChI=1S/C23H27N3O4/c27-20-7-4-17(5-8-20)18-10-14-25(15-11-18)23(28)21-16-19(26(29)30)6-9-22(21)24-12-2-1-3-13-24/h4-9,16,18,27H,1-3,10-15H2. The molecule has 1 amide bonds. The molecular formula is C23H27N3O4. The number of nitrogens with zero attached hydrogens (tertiary/aromatic N) is 3. The average molecular weight is 409 g/mol. The molecule has 2 aliphatic rings. The van der Waals surface area contributed by atoms with Gasteiger partial charge in [-0.05, 0) is 61.8 Å². The van der Waals surface area contributed by atoms with Gasteiger partial charge in [0, 0.05) is 38.3 Å². The van der Waals surface area contributed by atoms with E-state index in [4.69, 9.17) is 0 Å². The molecule has 4 rings (SSSR count). The minimum Gasteiger partial charge on any atom is -0.508 e. The molecule has 0 saturated carbocycles. The minimum absolute atomic E-state index is 0.0434. The Morgan fingerprint density at radius 1 is 0.967 bits per heavy atom. The lowest BCUT2D eigenvalue weighted by Gasteiger charge is -2.34. The van der Waals surface area contributed by atoms with Gasteiger partial charge < -0.3 is 14.9 Å². The fourth-order valence-corrected chi connectivity index (χ4v) is 4.55. The Morgan fingerprint density at radius 2 is 1.63 bits per heavy atom. The maximum atomic E-state index is 13.4. The summed E-state index contributed by atoms with van der Waals surface area (Å²) in [5.74, 6) is 0.479. The summed E-state index contributed by atoms with van der Waals surface area (Å²) in [6.45, 7) is 2.99. The van der Waals surface area contributed by atoms with E-state index in [-0.39, 0.29) is 17.3 Å². The number of nitro benzene ring substituents is 1. The Bertz CT molecular complexity index is 915. The Kier molecular flexibility index (Phi) is 5.88. The van der Waals surface area contributed by atoms with Crippen molar-refractivity contribution in [3.8, 4) is 5.75 Å². The lowest BCUT2D eigenvalue weighted by Crippen LogP contribution is -2.39. The van der Waals surface area contributed by atoms with Crippen LogP contribution in [0.3, 0.4) is 0 Å². The zero-order valence-electron chi connectivity index (χ0n) is 17.0. The summed E-state index contributed by atoms with van der Waals surface area (Å²) in [5.41, 5.74) is 2.38. The van der Waals surface area contributed by atoms with Crippen LogP contribution < -0.4 is 4.90 Å². The highest BCUT2D eigenvalue weighted by atomic mass is 16.6. The number of carbonyl (C=O) groups is 1. The van der Waals surface area contributed by atoms with Gasteiger partial charge in [0.05, 0.1) is 16.2 Å². The molecule has 7 heteroatoms. The molecule has 30 heavy (non-hydrogen) atoms. The predicted octanol–water partition coefficient (Wildman–Crippen LogP) is 4.31. The molecule has 7 nitrogen and oxygen atoms in total. The molecule has 0 bridgehead atoms. The van der Waals surface area contributed by atoms with Crippen LogP contribution in [0.25, 0.3) is 0 Å². The monoisotopic (exact) mass is 409 g/mol. The van der Waals surface area contributed by atoms with Crippen molar-refractivity contribution in [1.29, 1.82) is 0 Å². The van der Waals surface area contributed by atoms with Gasteiger partial charge in [-0.3, -0.25) is 14.9 Å². The van der Waals surface area contributed by atoms with Gasteiger partial charge >= 0.3 is 0 Å². The predicted molar refractivity (Wildman–Crippen MR) is 115 cm³/mol. The maximum absolute atomic E-state index is 13.4. The van der Waals surface area contributed by atoms with Crippen LogP contribution in [0, 0.1) is 10.1 Å². The van der Waals surface area contributed by atoms with Crippen LogP contribution in [0.1, 0.15) is 53.9 Å². The van der Waals surface area contributed by atoms with E-state index >= 15 is 0 Å². The number of hydrogen-bond donors (Lipinski definition) is 1. The summed E-state index contributed by atoms with van der Waals surface area (Å²) in [5, 5.41) is 20.8. The highest BCUT2D eigenvalue weighted by Crippen LogP contribution is 2.33. The number of rotatable bonds is 4. The van der Waals surface area contributed by atoms with Gasteiger partial charge in [0.1, 0.15) is 5.75 Å².